The van der Waals surface area contributed by atoms with Crippen LogP contribution in [0.2, 0.25) is 0 Å². The van der Waals surface area contributed by atoms with Crippen LogP contribution < -0.4 is 0 Å². The molecule has 2 nitrogen and oxygen atoms in total. The molecule has 0 saturated heterocycles. The Bertz CT molecular complexity index is 128. The smallest absolute Gasteiger partial charge is 0.124 e. The molecule has 0 aromatic carbocycles. The van der Waals surface area contributed by atoms with Crippen molar-refractivity contribution >= 4 is 0 Å². The summed E-state index contributed by atoms with van der Waals surface area (Å²) in [6, 6.07) is 0. The SMILES string of the molecule is CC(OCC(C)(C)C)C(C)(C)[O]. The minimum absolute atomic E-state index is 0.138. The van der Waals surface area contributed by atoms with Crippen LogP contribution in [0.4, 0.5) is 0 Å². The summed E-state index contributed by atoms with van der Waals surface area (Å²) in [5.74, 6) is 0. The molecule has 0 amide bonds. The highest BCUT2D eigenvalue weighted by Gasteiger charge is 2.26. The number of ether oxygens (including phenoxy) is 1. The molecule has 0 aromatic rings. The molecule has 0 spiro atoms. The Hall–Kier alpha value is -0.0800. The summed E-state index contributed by atoms with van der Waals surface area (Å²) in [5.41, 5.74) is -0.856. The van der Waals surface area contributed by atoms with Crippen molar-refractivity contribution < 1.29 is 9.84 Å². The lowest BCUT2D eigenvalue weighted by Gasteiger charge is -2.27. The average molecular weight is 173 g/mol. The van der Waals surface area contributed by atoms with Crippen molar-refractivity contribution in [2.24, 2.45) is 5.41 Å². The van der Waals surface area contributed by atoms with Gasteiger partial charge in [0, 0.05) is 0 Å². The first-order valence-corrected chi connectivity index (χ1v) is 4.45. The van der Waals surface area contributed by atoms with Crippen LogP contribution in [0.1, 0.15) is 41.5 Å². The molecule has 0 aliphatic heterocycles. The molecule has 0 bridgehead atoms. The molecule has 0 rings (SSSR count). The van der Waals surface area contributed by atoms with Gasteiger partial charge in [-0.3, -0.25) is 0 Å². The molecule has 0 aromatic heterocycles. The molecule has 1 radical (unpaired) electrons. The largest absolute Gasteiger partial charge is 0.375 e. The van der Waals surface area contributed by atoms with Gasteiger partial charge in [0.2, 0.25) is 0 Å². The monoisotopic (exact) mass is 173 g/mol. The van der Waals surface area contributed by atoms with E-state index in [0.717, 1.165) is 0 Å². The van der Waals surface area contributed by atoms with Gasteiger partial charge in [-0.2, -0.15) is 0 Å². The predicted octanol–water partition coefficient (Wildman–Crippen LogP) is 2.65. The first-order valence-electron chi connectivity index (χ1n) is 4.45. The third-order valence-electron chi connectivity index (χ3n) is 1.75. The van der Waals surface area contributed by atoms with Crippen LogP contribution in [0.15, 0.2) is 0 Å². The molecule has 12 heavy (non-hydrogen) atoms. The Kier molecular flexibility index (Phi) is 3.73. The fourth-order valence-electron chi connectivity index (χ4n) is 0.576. The van der Waals surface area contributed by atoms with Crippen LogP contribution in [-0.4, -0.2) is 18.3 Å². The Labute approximate surface area is 75.9 Å². The summed E-state index contributed by atoms with van der Waals surface area (Å²) in [7, 11) is 0. The van der Waals surface area contributed by atoms with Gasteiger partial charge in [0.15, 0.2) is 0 Å². The second kappa shape index (κ2) is 3.75. The lowest BCUT2D eigenvalue weighted by molar-refractivity contribution is -0.126. The van der Waals surface area contributed by atoms with E-state index < -0.39 is 5.60 Å². The van der Waals surface area contributed by atoms with Crippen molar-refractivity contribution in [2.75, 3.05) is 6.61 Å². The van der Waals surface area contributed by atoms with E-state index in [1.165, 1.54) is 0 Å². The Morgan fingerprint density at radius 1 is 1.17 bits per heavy atom. The van der Waals surface area contributed by atoms with Crippen LogP contribution in [0.25, 0.3) is 0 Å². The van der Waals surface area contributed by atoms with Crippen molar-refractivity contribution in [2.45, 2.75) is 53.2 Å². The van der Waals surface area contributed by atoms with Gasteiger partial charge in [-0.15, -0.1) is 0 Å². The molecule has 0 aliphatic carbocycles. The van der Waals surface area contributed by atoms with Crippen LogP contribution in [0.3, 0.4) is 0 Å². The standard InChI is InChI=1S/C10H21O2/c1-8(10(5,6)11)12-7-9(2,3)4/h8H,7H2,1-6H3. The van der Waals surface area contributed by atoms with Crippen LogP contribution >= 0.6 is 0 Å². The van der Waals surface area contributed by atoms with Gasteiger partial charge in [0.1, 0.15) is 5.60 Å². The minimum atomic E-state index is -0.995. The fraction of sp³-hybridized carbons (Fsp3) is 1.00. The summed E-state index contributed by atoms with van der Waals surface area (Å²) in [5, 5.41) is 11.4. The molecule has 0 heterocycles. The summed E-state index contributed by atoms with van der Waals surface area (Å²) in [6.45, 7) is 12.1. The van der Waals surface area contributed by atoms with Gasteiger partial charge >= 0.3 is 0 Å². The van der Waals surface area contributed by atoms with Crippen molar-refractivity contribution in [1.29, 1.82) is 0 Å². The number of hydrogen-bond acceptors (Lipinski definition) is 1. The van der Waals surface area contributed by atoms with Gasteiger partial charge in [-0.1, -0.05) is 20.8 Å². The molecule has 73 valence electrons. The van der Waals surface area contributed by atoms with Gasteiger partial charge in [-0.25, -0.2) is 5.11 Å². The lowest BCUT2D eigenvalue weighted by atomic mass is 9.97. The molecule has 2 heteroatoms. The van der Waals surface area contributed by atoms with Crippen molar-refractivity contribution in [3.05, 3.63) is 0 Å². The number of hydrogen-bond donors (Lipinski definition) is 0. The molecule has 1 atom stereocenters. The molecule has 0 aliphatic rings. The molecular weight excluding hydrogens is 152 g/mol. The zero-order chi connectivity index (χ0) is 9.99. The Balaban J connectivity index is 3.80. The van der Waals surface area contributed by atoms with E-state index in [1.54, 1.807) is 13.8 Å². The number of rotatable bonds is 3. The van der Waals surface area contributed by atoms with Crippen LogP contribution in [0, 0.1) is 5.41 Å². The quantitative estimate of drug-likeness (QED) is 0.645. The van der Waals surface area contributed by atoms with Gasteiger partial charge in [0.05, 0.1) is 12.7 Å². The Morgan fingerprint density at radius 3 is 1.83 bits per heavy atom. The highest BCUT2D eigenvalue weighted by atomic mass is 16.5. The zero-order valence-corrected chi connectivity index (χ0v) is 9.10. The summed E-state index contributed by atoms with van der Waals surface area (Å²) >= 11 is 0. The third kappa shape index (κ3) is 5.56. The maximum Gasteiger partial charge on any atom is 0.124 e. The molecular formula is C10H21O2. The van der Waals surface area contributed by atoms with E-state index in [2.05, 4.69) is 20.8 Å². The average Bonchev–Trinajstić information content (AvgIpc) is 1.78. The van der Waals surface area contributed by atoms with E-state index in [0.29, 0.717) is 6.61 Å². The highest BCUT2D eigenvalue weighted by Crippen LogP contribution is 2.18. The molecule has 0 saturated carbocycles. The first kappa shape index (κ1) is 11.9. The maximum absolute atomic E-state index is 11.4. The lowest BCUT2D eigenvalue weighted by Crippen LogP contribution is -2.36. The van der Waals surface area contributed by atoms with E-state index in [1.807, 2.05) is 6.92 Å². The summed E-state index contributed by atoms with van der Waals surface area (Å²) in [6.07, 6.45) is -0.225. The van der Waals surface area contributed by atoms with Crippen LogP contribution in [-0.2, 0) is 9.84 Å². The molecule has 1 unspecified atom stereocenters. The van der Waals surface area contributed by atoms with E-state index in [9.17, 15) is 5.11 Å². The van der Waals surface area contributed by atoms with Crippen molar-refractivity contribution in [3.8, 4) is 0 Å². The Morgan fingerprint density at radius 2 is 1.58 bits per heavy atom. The zero-order valence-electron chi connectivity index (χ0n) is 9.10. The normalized spacial score (nSPS) is 16.2. The fourth-order valence-corrected chi connectivity index (χ4v) is 0.576. The predicted molar refractivity (Wildman–Crippen MR) is 49.6 cm³/mol. The molecule has 0 fully saturated rings. The minimum Gasteiger partial charge on any atom is -0.375 e. The van der Waals surface area contributed by atoms with Crippen LogP contribution in [0.5, 0.6) is 0 Å². The highest BCUT2D eigenvalue weighted by molar-refractivity contribution is 4.74. The third-order valence-corrected chi connectivity index (χ3v) is 1.75. The van der Waals surface area contributed by atoms with Gasteiger partial charge in [-0.05, 0) is 26.2 Å². The van der Waals surface area contributed by atoms with Crippen molar-refractivity contribution in [3.63, 3.8) is 0 Å². The van der Waals surface area contributed by atoms with Gasteiger partial charge < -0.3 is 4.74 Å². The van der Waals surface area contributed by atoms with E-state index in [-0.39, 0.29) is 11.5 Å². The van der Waals surface area contributed by atoms with E-state index >= 15 is 0 Å². The van der Waals surface area contributed by atoms with Crippen molar-refractivity contribution in [1.82, 2.24) is 0 Å². The second-order valence-corrected chi connectivity index (χ2v) is 5.12. The second-order valence-electron chi connectivity index (χ2n) is 5.12. The van der Waals surface area contributed by atoms with E-state index in [4.69, 9.17) is 4.74 Å². The maximum atomic E-state index is 11.4. The topological polar surface area (TPSA) is 29.1 Å². The van der Waals surface area contributed by atoms with Gasteiger partial charge in [0.25, 0.3) is 0 Å². The molecule has 0 N–H and O–H groups in total. The first-order chi connectivity index (χ1) is 5.13. The summed E-state index contributed by atoms with van der Waals surface area (Å²) in [4.78, 5) is 0. The summed E-state index contributed by atoms with van der Waals surface area (Å²) < 4.78 is 5.46.